The minimum absolute atomic E-state index is 0.354. The molecule has 0 saturated carbocycles. The molecule has 0 spiro atoms. The molecule has 5 nitrogen and oxygen atoms in total. The van der Waals surface area contributed by atoms with Crippen molar-refractivity contribution in [3.63, 3.8) is 0 Å². The first-order valence-corrected chi connectivity index (χ1v) is 9.44. The van der Waals surface area contributed by atoms with E-state index < -0.39 is 5.60 Å². The van der Waals surface area contributed by atoms with Gasteiger partial charge in [0.15, 0.2) is 0 Å². The van der Waals surface area contributed by atoms with E-state index in [2.05, 4.69) is 21.4 Å². The van der Waals surface area contributed by atoms with Crippen LogP contribution < -0.4 is 5.32 Å². The number of fused-ring (bicyclic) bond motifs is 2. The standard InChI is InChI=1S/C19H21N3O2S/c1-19(2,24)17-20-9-13(25-17)10-21-18(23)22-16-14-5-3-4-11(14)8-12-6-7-15(12)16/h8-10,24H,3-7H2,1-2H3,(H,22,23). The molecule has 1 aromatic heterocycles. The summed E-state index contributed by atoms with van der Waals surface area (Å²) in [5.41, 5.74) is 5.36. The number of anilines is 1. The lowest BCUT2D eigenvalue weighted by atomic mass is 9.83. The first kappa shape index (κ1) is 16.4. The summed E-state index contributed by atoms with van der Waals surface area (Å²) in [6.45, 7) is 3.38. The Morgan fingerprint density at radius 3 is 2.72 bits per heavy atom. The van der Waals surface area contributed by atoms with E-state index in [1.165, 1.54) is 39.8 Å². The number of amides is 2. The summed E-state index contributed by atoms with van der Waals surface area (Å²) in [5.74, 6) is 0. The number of carbonyl (C=O) groups excluding carboxylic acids is 1. The predicted molar refractivity (Wildman–Crippen MR) is 99.8 cm³/mol. The van der Waals surface area contributed by atoms with Crippen molar-refractivity contribution >= 4 is 29.3 Å². The SMILES string of the molecule is CC(C)(O)c1ncc(C=NC(=O)Nc2c3c(cc4c2CC4)CCC3)s1. The number of thiazole rings is 1. The molecule has 0 bridgehead atoms. The van der Waals surface area contributed by atoms with Crippen molar-refractivity contribution in [1.82, 2.24) is 4.98 Å². The molecule has 0 radical (unpaired) electrons. The lowest BCUT2D eigenvalue weighted by Gasteiger charge is -2.25. The lowest BCUT2D eigenvalue weighted by Crippen LogP contribution is -2.18. The number of aliphatic imine (C=N–C) groups is 1. The van der Waals surface area contributed by atoms with Crippen LogP contribution in [0.25, 0.3) is 0 Å². The van der Waals surface area contributed by atoms with E-state index in [9.17, 15) is 9.90 Å². The molecule has 2 aliphatic carbocycles. The second-order valence-corrected chi connectivity index (χ2v) is 8.26. The van der Waals surface area contributed by atoms with Gasteiger partial charge in [-0.05, 0) is 68.2 Å². The van der Waals surface area contributed by atoms with Crippen LogP contribution in [0.15, 0.2) is 17.3 Å². The summed E-state index contributed by atoms with van der Waals surface area (Å²) in [6, 6.07) is 1.96. The molecule has 1 heterocycles. The van der Waals surface area contributed by atoms with Crippen molar-refractivity contribution in [3.8, 4) is 0 Å². The first-order chi connectivity index (χ1) is 11.9. The minimum Gasteiger partial charge on any atom is -0.383 e. The van der Waals surface area contributed by atoms with Gasteiger partial charge in [0.2, 0.25) is 0 Å². The molecule has 2 N–H and O–H groups in total. The summed E-state index contributed by atoms with van der Waals surface area (Å²) in [7, 11) is 0. The Morgan fingerprint density at radius 2 is 2.04 bits per heavy atom. The van der Waals surface area contributed by atoms with Gasteiger partial charge in [-0.25, -0.2) is 14.8 Å². The minimum atomic E-state index is -0.980. The molecule has 2 aliphatic rings. The van der Waals surface area contributed by atoms with Gasteiger partial charge in [-0.3, -0.25) is 0 Å². The Bertz CT molecular complexity index is 878. The van der Waals surface area contributed by atoms with E-state index >= 15 is 0 Å². The number of nitrogens with zero attached hydrogens (tertiary/aromatic N) is 2. The van der Waals surface area contributed by atoms with Crippen LogP contribution in [0.4, 0.5) is 10.5 Å². The number of benzene rings is 1. The fraction of sp³-hybridized carbons (Fsp3) is 0.421. The Hall–Kier alpha value is -2.05. The maximum absolute atomic E-state index is 12.3. The molecule has 1 aromatic carbocycles. The third kappa shape index (κ3) is 3.12. The summed E-state index contributed by atoms with van der Waals surface area (Å²) < 4.78 is 0. The second-order valence-electron chi connectivity index (χ2n) is 7.20. The highest BCUT2D eigenvalue weighted by Gasteiger charge is 2.26. The maximum atomic E-state index is 12.3. The zero-order valence-electron chi connectivity index (χ0n) is 14.4. The highest BCUT2D eigenvalue weighted by Crippen LogP contribution is 2.39. The largest absolute Gasteiger partial charge is 0.383 e. The zero-order chi connectivity index (χ0) is 17.6. The normalized spacial score (nSPS) is 15.8. The first-order valence-electron chi connectivity index (χ1n) is 8.62. The maximum Gasteiger partial charge on any atom is 0.345 e. The van der Waals surface area contributed by atoms with Crippen molar-refractivity contribution in [2.24, 2.45) is 4.99 Å². The summed E-state index contributed by atoms with van der Waals surface area (Å²) in [5, 5.41) is 13.6. The lowest BCUT2D eigenvalue weighted by molar-refractivity contribution is 0.0783. The Labute approximate surface area is 150 Å². The molecule has 6 heteroatoms. The summed E-state index contributed by atoms with van der Waals surface area (Å²) in [6.07, 6.45) is 8.58. The number of aryl methyl sites for hydroxylation is 2. The number of carbonyl (C=O) groups is 1. The van der Waals surface area contributed by atoms with Crippen molar-refractivity contribution < 1.29 is 9.90 Å². The van der Waals surface area contributed by atoms with E-state index in [0.717, 1.165) is 42.7 Å². The smallest absolute Gasteiger partial charge is 0.345 e. The fourth-order valence-corrected chi connectivity index (χ4v) is 4.27. The van der Waals surface area contributed by atoms with Gasteiger partial charge in [0.05, 0.1) is 11.1 Å². The second kappa shape index (κ2) is 6.04. The van der Waals surface area contributed by atoms with E-state index in [0.29, 0.717) is 5.01 Å². The monoisotopic (exact) mass is 355 g/mol. The molecule has 0 saturated heterocycles. The number of aliphatic hydroxyl groups is 1. The fourth-order valence-electron chi connectivity index (χ4n) is 3.48. The molecule has 0 aliphatic heterocycles. The van der Waals surface area contributed by atoms with E-state index in [4.69, 9.17) is 0 Å². The van der Waals surface area contributed by atoms with Crippen LogP contribution in [0.5, 0.6) is 0 Å². The van der Waals surface area contributed by atoms with Gasteiger partial charge in [-0.15, -0.1) is 11.3 Å². The van der Waals surface area contributed by atoms with Crippen LogP contribution in [0.3, 0.4) is 0 Å². The topological polar surface area (TPSA) is 74.6 Å². The molecule has 0 atom stereocenters. The molecule has 2 aromatic rings. The number of hydrogen-bond donors (Lipinski definition) is 2. The van der Waals surface area contributed by atoms with Gasteiger partial charge in [0, 0.05) is 11.9 Å². The van der Waals surface area contributed by atoms with Crippen LogP contribution in [-0.2, 0) is 31.3 Å². The van der Waals surface area contributed by atoms with Crippen LogP contribution in [0, 0.1) is 0 Å². The van der Waals surface area contributed by atoms with Gasteiger partial charge < -0.3 is 10.4 Å². The molecule has 0 fully saturated rings. The van der Waals surface area contributed by atoms with Crippen LogP contribution in [-0.4, -0.2) is 22.3 Å². The molecule has 0 unspecified atom stereocenters. The molecular weight excluding hydrogens is 334 g/mol. The number of urea groups is 1. The highest BCUT2D eigenvalue weighted by molar-refractivity contribution is 7.13. The number of rotatable bonds is 3. The number of aromatic nitrogens is 1. The average Bonchev–Trinajstić information content (AvgIpc) is 3.16. The van der Waals surface area contributed by atoms with E-state index in [-0.39, 0.29) is 6.03 Å². The Balaban J connectivity index is 1.51. The highest BCUT2D eigenvalue weighted by atomic mass is 32.1. The summed E-state index contributed by atoms with van der Waals surface area (Å²) in [4.78, 5) is 21.2. The van der Waals surface area contributed by atoms with Gasteiger partial charge in [-0.2, -0.15) is 0 Å². The van der Waals surface area contributed by atoms with Crippen molar-refractivity contribution in [2.45, 2.75) is 51.6 Å². The Morgan fingerprint density at radius 1 is 1.28 bits per heavy atom. The van der Waals surface area contributed by atoms with E-state index in [1.54, 1.807) is 20.0 Å². The van der Waals surface area contributed by atoms with E-state index in [1.807, 2.05) is 0 Å². The van der Waals surface area contributed by atoms with Crippen LogP contribution >= 0.6 is 11.3 Å². The van der Waals surface area contributed by atoms with Crippen molar-refractivity contribution in [1.29, 1.82) is 0 Å². The zero-order valence-corrected chi connectivity index (χ0v) is 15.2. The molecule has 2 amide bonds. The average molecular weight is 355 g/mol. The number of nitrogens with one attached hydrogen (secondary N) is 1. The van der Waals surface area contributed by atoms with Crippen molar-refractivity contribution in [3.05, 3.63) is 44.4 Å². The van der Waals surface area contributed by atoms with Crippen molar-refractivity contribution in [2.75, 3.05) is 5.32 Å². The van der Waals surface area contributed by atoms with Gasteiger partial charge in [-0.1, -0.05) is 6.07 Å². The quantitative estimate of drug-likeness (QED) is 0.826. The predicted octanol–water partition coefficient (Wildman–Crippen LogP) is 3.61. The molecule has 25 heavy (non-hydrogen) atoms. The number of hydrogen-bond acceptors (Lipinski definition) is 4. The molecule has 4 rings (SSSR count). The Kier molecular flexibility index (Phi) is 3.96. The summed E-state index contributed by atoms with van der Waals surface area (Å²) >= 11 is 1.33. The third-order valence-electron chi connectivity index (χ3n) is 4.83. The van der Waals surface area contributed by atoms with Crippen LogP contribution in [0.2, 0.25) is 0 Å². The molecular formula is C19H21N3O2S. The van der Waals surface area contributed by atoms with Gasteiger partial charge in [0.1, 0.15) is 10.6 Å². The third-order valence-corrected chi connectivity index (χ3v) is 6.08. The van der Waals surface area contributed by atoms with Gasteiger partial charge in [0.25, 0.3) is 0 Å². The molecule has 130 valence electrons. The van der Waals surface area contributed by atoms with Gasteiger partial charge >= 0.3 is 6.03 Å². The van der Waals surface area contributed by atoms with Crippen LogP contribution in [0.1, 0.15) is 52.4 Å².